The summed E-state index contributed by atoms with van der Waals surface area (Å²) < 4.78 is 8.67. The lowest BCUT2D eigenvalue weighted by Crippen LogP contribution is -2.37. The Kier molecular flexibility index (Phi) is 5.79. The van der Waals surface area contributed by atoms with Crippen LogP contribution in [-0.4, -0.2) is 43.2 Å². The highest BCUT2D eigenvalue weighted by atomic mass is 16.5. The SMILES string of the molecule is Cc1ccccc1-c1noc(CN2CCC(C(=O)Nc3ccc4c(c3)n(C)c(=O)n4C)CC2)n1. The highest BCUT2D eigenvalue weighted by Gasteiger charge is 2.26. The van der Waals surface area contributed by atoms with Crippen LogP contribution >= 0.6 is 0 Å². The minimum Gasteiger partial charge on any atom is -0.338 e. The van der Waals surface area contributed by atoms with Crippen molar-refractivity contribution >= 4 is 22.6 Å². The molecule has 1 fully saturated rings. The summed E-state index contributed by atoms with van der Waals surface area (Å²) in [7, 11) is 3.48. The number of anilines is 1. The number of carbonyl (C=O) groups is 1. The maximum absolute atomic E-state index is 12.9. The van der Waals surface area contributed by atoms with E-state index in [1.165, 1.54) is 0 Å². The summed E-state index contributed by atoms with van der Waals surface area (Å²) in [4.78, 5) is 31.8. The Hall–Kier alpha value is -3.72. The second-order valence-electron chi connectivity index (χ2n) is 8.97. The van der Waals surface area contributed by atoms with Crippen molar-refractivity contribution < 1.29 is 9.32 Å². The van der Waals surface area contributed by atoms with Crippen molar-refractivity contribution in [2.45, 2.75) is 26.3 Å². The van der Waals surface area contributed by atoms with Crippen LogP contribution in [0.2, 0.25) is 0 Å². The molecule has 1 amide bonds. The fourth-order valence-electron chi connectivity index (χ4n) is 4.63. The van der Waals surface area contributed by atoms with Crippen LogP contribution in [0.25, 0.3) is 22.4 Å². The largest absolute Gasteiger partial charge is 0.338 e. The zero-order chi connectivity index (χ0) is 23.8. The lowest BCUT2D eigenvalue weighted by molar-refractivity contribution is -0.121. The van der Waals surface area contributed by atoms with Crippen LogP contribution in [-0.2, 0) is 25.4 Å². The molecule has 0 saturated carbocycles. The quantitative estimate of drug-likeness (QED) is 0.492. The molecule has 4 aromatic rings. The lowest BCUT2D eigenvalue weighted by atomic mass is 9.96. The molecule has 34 heavy (non-hydrogen) atoms. The number of rotatable bonds is 5. The summed E-state index contributed by atoms with van der Waals surface area (Å²) in [5, 5.41) is 7.17. The molecule has 1 aliphatic rings. The summed E-state index contributed by atoms with van der Waals surface area (Å²) in [6.45, 7) is 4.17. The molecule has 1 aliphatic heterocycles. The Morgan fingerprint density at radius 3 is 2.59 bits per heavy atom. The number of fused-ring (bicyclic) bond motifs is 1. The van der Waals surface area contributed by atoms with Gasteiger partial charge in [-0.15, -0.1) is 0 Å². The number of benzene rings is 2. The third kappa shape index (κ3) is 4.14. The molecule has 0 radical (unpaired) electrons. The molecule has 1 N–H and O–H groups in total. The van der Waals surface area contributed by atoms with Crippen LogP contribution in [0.1, 0.15) is 24.3 Å². The van der Waals surface area contributed by atoms with Gasteiger partial charge in [-0.1, -0.05) is 29.4 Å². The van der Waals surface area contributed by atoms with Crippen LogP contribution in [0, 0.1) is 12.8 Å². The van der Waals surface area contributed by atoms with E-state index in [1.807, 2.05) is 49.4 Å². The molecule has 176 valence electrons. The maximum atomic E-state index is 12.9. The minimum atomic E-state index is -0.0851. The smallest absolute Gasteiger partial charge is 0.328 e. The van der Waals surface area contributed by atoms with Crippen LogP contribution in [0.4, 0.5) is 5.69 Å². The number of imidazole rings is 1. The molecule has 2 aromatic carbocycles. The van der Waals surface area contributed by atoms with E-state index in [0.717, 1.165) is 48.1 Å². The molecule has 9 heteroatoms. The zero-order valence-electron chi connectivity index (χ0n) is 19.6. The molecular weight excluding hydrogens is 432 g/mol. The van der Waals surface area contributed by atoms with E-state index >= 15 is 0 Å². The summed E-state index contributed by atoms with van der Waals surface area (Å²) >= 11 is 0. The van der Waals surface area contributed by atoms with Crippen molar-refractivity contribution in [3.8, 4) is 11.4 Å². The van der Waals surface area contributed by atoms with Crippen LogP contribution in [0.5, 0.6) is 0 Å². The molecule has 5 rings (SSSR count). The predicted molar refractivity (Wildman–Crippen MR) is 129 cm³/mol. The fraction of sp³-hybridized carbons (Fsp3) is 0.360. The molecule has 0 atom stereocenters. The van der Waals surface area contributed by atoms with Gasteiger partial charge in [-0.25, -0.2) is 4.79 Å². The topological polar surface area (TPSA) is 98.2 Å². The third-order valence-electron chi connectivity index (χ3n) is 6.71. The highest BCUT2D eigenvalue weighted by molar-refractivity contribution is 5.94. The summed E-state index contributed by atoms with van der Waals surface area (Å²) in [6.07, 6.45) is 1.52. The number of aromatic nitrogens is 4. The molecule has 9 nitrogen and oxygen atoms in total. The number of carbonyl (C=O) groups excluding carboxylic acids is 1. The van der Waals surface area contributed by atoms with Crippen molar-refractivity contribution in [3.63, 3.8) is 0 Å². The summed E-state index contributed by atoms with van der Waals surface area (Å²) in [5.41, 5.74) is 4.33. The maximum Gasteiger partial charge on any atom is 0.328 e. The van der Waals surface area contributed by atoms with E-state index < -0.39 is 0 Å². The van der Waals surface area contributed by atoms with Gasteiger partial charge in [-0.3, -0.25) is 18.8 Å². The average Bonchev–Trinajstić information content (AvgIpc) is 3.38. The second kappa shape index (κ2) is 8.90. The van der Waals surface area contributed by atoms with Gasteiger partial charge in [0.1, 0.15) is 0 Å². The highest BCUT2D eigenvalue weighted by Crippen LogP contribution is 2.24. The number of nitrogens with one attached hydrogen (secondary N) is 1. The number of hydrogen-bond acceptors (Lipinski definition) is 6. The summed E-state index contributed by atoms with van der Waals surface area (Å²) in [6, 6.07) is 13.5. The Labute approximate surface area is 197 Å². The van der Waals surface area contributed by atoms with Crippen LogP contribution < -0.4 is 11.0 Å². The van der Waals surface area contributed by atoms with Crippen molar-refractivity contribution in [1.82, 2.24) is 24.2 Å². The number of amides is 1. The van der Waals surface area contributed by atoms with Gasteiger partial charge >= 0.3 is 5.69 Å². The number of piperidine rings is 1. The van der Waals surface area contributed by atoms with Gasteiger partial charge in [0.15, 0.2) is 0 Å². The molecule has 2 aromatic heterocycles. The van der Waals surface area contributed by atoms with E-state index in [1.54, 1.807) is 23.2 Å². The van der Waals surface area contributed by atoms with E-state index in [0.29, 0.717) is 23.9 Å². The van der Waals surface area contributed by atoms with Gasteiger partial charge in [0.2, 0.25) is 17.6 Å². The average molecular weight is 461 g/mol. The first kappa shape index (κ1) is 22.1. The number of likely N-dealkylation sites (tertiary alicyclic amines) is 1. The van der Waals surface area contributed by atoms with Crippen molar-refractivity contribution in [2.24, 2.45) is 20.0 Å². The number of hydrogen-bond donors (Lipinski definition) is 1. The fourth-order valence-corrected chi connectivity index (χ4v) is 4.63. The van der Waals surface area contributed by atoms with E-state index in [4.69, 9.17) is 4.52 Å². The monoisotopic (exact) mass is 460 g/mol. The summed E-state index contributed by atoms with van der Waals surface area (Å²) in [5.74, 6) is 1.15. The molecule has 0 bridgehead atoms. The first-order valence-electron chi connectivity index (χ1n) is 11.5. The normalized spacial score (nSPS) is 15.1. The van der Waals surface area contributed by atoms with Crippen LogP contribution in [0.3, 0.4) is 0 Å². The van der Waals surface area contributed by atoms with Gasteiger partial charge in [-0.05, 0) is 56.6 Å². The number of nitrogens with zero attached hydrogens (tertiary/aromatic N) is 5. The van der Waals surface area contributed by atoms with Crippen LogP contribution in [0.15, 0.2) is 51.8 Å². The molecular formula is C25H28N6O3. The Balaban J connectivity index is 1.18. The van der Waals surface area contributed by atoms with E-state index in [2.05, 4.69) is 20.4 Å². The molecule has 3 heterocycles. The van der Waals surface area contributed by atoms with Gasteiger partial charge in [0.25, 0.3) is 0 Å². The van der Waals surface area contributed by atoms with Gasteiger partial charge in [-0.2, -0.15) is 4.98 Å². The van der Waals surface area contributed by atoms with Crippen molar-refractivity contribution in [2.75, 3.05) is 18.4 Å². The van der Waals surface area contributed by atoms with E-state index in [9.17, 15) is 9.59 Å². The third-order valence-corrected chi connectivity index (χ3v) is 6.71. The Morgan fingerprint density at radius 2 is 1.82 bits per heavy atom. The first-order valence-corrected chi connectivity index (χ1v) is 11.5. The first-order chi connectivity index (χ1) is 16.4. The Morgan fingerprint density at radius 1 is 1.09 bits per heavy atom. The van der Waals surface area contributed by atoms with Gasteiger partial charge in [0, 0.05) is 31.3 Å². The molecule has 0 aliphatic carbocycles. The molecule has 1 saturated heterocycles. The van der Waals surface area contributed by atoms with Gasteiger partial charge < -0.3 is 9.84 Å². The van der Waals surface area contributed by atoms with Crippen molar-refractivity contribution in [1.29, 1.82) is 0 Å². The predicted octanol–water partition coefficient (Wildman–Crippen LogP) is 3.09. The zero-order valence-corrected chi connectivity index (χ0v) is 19.6. The van der Waals surface area contributed by atoms with Crippen molar-refractivity contribution in [3.05, 3.63) is 64.4 Å². The Bertz CT molecular complexity index is 1410. The molecule has 0 spiro atoms. The molecule has 0 unspecified atom stereocenters. The van der Waals surface area contributed by atoms with E-state index in [-0.39, 0.29) is 17.5 Å². The minimum absolute atomic E-state index is 0.0135. The van der Waals surface area contributed by atoms with Gasteiger partial charge in [0.05, 0.1) is 17.6 Å². The lowest BCUT2D eigenvalue weighted by Gasteiger charge is -2.30. The number of aryl methyl sites for hydroxylation is 3. The standard InChI is InChI=1S/C25H28N6O3/c1-16-6-4-5-7-19(16)23-27-22(34-28-23)15-31-12-10-17(11-13-31)24(32)26-18-8-9-20-21(14-18)30(3)25(33)29(20)2/h4-9,14,17H,10-13,15H2,1-3H3,(H,26,32). The second-order valence-corrected chi connectivity index (χ2v) is 8.97.